The van der Waals surface area contributed by atoms with Crippen molar-refractivity contribution in [2.24, 2.45) is 19.8 Å². The average Bonchev–Trinajstić information content (AvgIpc) is 3.08. The van der Waals surface area contributed by atoms with Gasteiger partial charge in [-0.05, 0) is 19.1 Å². The molecule has 32 heavy (non-hydrogen) atoms. The number of hydrogen-bond donors (Lipinski definition) is 1. The molecule has 172 valence electrons. The molecule has 0 radical (unpaired) electrons. The third-order valence-electron chi connectivity index (χ3n) is 5.50. The number of carbonyl (C=O) groups excluding carboxylic acids is 1. The Morgan fingerprint density at radius 3 is 2.44 bits per heavy atom. The van der Waals surface area contributed by atoms with E-state index in [2.05, 4.69) is 21.4 Å². The molecule has 2 aromatic heterocycles. The maximum atomic E-state index is 12.7. The van der Waals surface area contributed by atoms with E-state index in [0.29, 0.717) is 17.4 Å². The normalized spacial score (nSPS) is 15.8. The summed E-state index contributed by atoms with van der Waals surface area (Å²) in [5.41, 5.74) is 5.79. The number of fused-ring (bicyclic) bond motifs is 1. The quantitative estimate of drug-likeness (QED) is 0.591. The lowest BCUT2D eigenvalue weighted by Gasteiger charge is -2.36. The standard InChI is InChI=1S/C21H28ClN7O3/c1-14(22)6-5-7-15(2)28-10-8-27(9-11-28)13-17-24-19-18(29(17)12-16(23)30)20(31)26(4)21(32)25(19)3/h5-7H,2,8-13H2,1,3-4H3,(H2,23,30)/b7-5-,14-6+. The van der Waals surface area contributed by atoms with E-state index in [1.54, 1.807) is 7.05 Å². The van der Waals surface area contributed by atoms with E-state index >= 15 is 0 Å². The summed E-state index contributed by atoms with van der Waals surface area (Å²) in [6, 6.07) is 0. The Labute approximate surface area is 190 Å². The van der Waals surface area contributed by atoms with Gasteiger partial charge in [-0.3, -0.25) is 23.6 Å². The zero-order valence-electron chi connectivity index (χ0n) is 18.5. The molecule has 1 saturated heterocycles. The van der Waals surface area contributed by atoms with Crippen LogP contribution in [0.4, 0.5) is 0 Å². The lowest BCUT2D eigenvalue weighted by molar-refractivity contribution is -0.118. The van der Waals surface area contributed by atoms with Gasteiger partial charge in [0.15, 0.2) is 11.2 Å². The number of imidazole rings is 1. The van der Waals surface area contributed by atoms with Crippen LogP contribution in [0.2, 0.25) is 0 Å². The van der Waals surface area contributed by atoms with Gasteiger partial charge in [-0.25, -0.2) is 9.78 Å². The van der Waals surface area contributed by atoms with Crippen molar-refractivity contribution >= 4 is 28.7 Å². The molecule has 1 aliphatic heterocycles. The third-order valence-corrected chi connectivity index (χ3v) is 5.62. The number of aryl methyl sites for hydroxylation is 1. The molecule has 2 aromatic rings. The number of rotatable bonds is 7. The number of nitrogens with two attached hydrogens (primary N) is 1. The van der Waals surface area contributed by atoms with Crippen molar-refractivity contribution in [3.63, 3.8) is 0 Å². The highest BCUT2D eigenvalue weighted by Crippen LogP contribution is 2.16. The fraction of sp³-hybridized carbons (Fsp3) is 0.429. The number of piperazine rings is 1. The van der Waals surface area contributed by atoms with Crippen LogP contribution in [0.3, 0.4) is 0 Å². The monoisotopic (exact) mass is 461 g/mol. The molecule has 1 aliphatic rings. The highest BCUT2D eigenvalue weighted by Gasteiger charge is 2.23. The van der Waals surface area contributed by atoms with Crippen LogP contribution in [0.25, 0.3) is 11.2 Å². The second kappa shape index (κ2) is 9.58. The molecule has 10 nitrogen and oxygen atoms in total. The molecule has 0 bridgehead atoms. The Morgan fingerprint density at radius 2 is 1.84 bits per heavy atom. The van der Waals surface area contributed by atoms with Gasteiger partial charge in [0.05, 0.1) is 6.54 Å². The first-order chi connectivity index (χ1) is 15.1. The molecular formula is C21H28ClN7O3. The highest BCUT2D eigenvalue weighted by atomic mass is 35.5. The van der Waals surface area contributed by atoms with E-state index in [-0.39, 0.29) is 17.7 Å². The molecule has 0 unspecified atom stereocenters. The Balaban J connectivity index is 1.83. The number of aromatic nitrogens is 4. The molecule has 3 rings (SSSR count). The summed E-state index contributed by atoms with van der Waals surface area (Å²) in [5, 5.41) is 0.699. The van der Waals surface area contributed by atoms with Gasteiger partial charge in [-0.15, -0.1) is 0 Å². The fourth-order valence-electron chi connectivity index (χ4n) is 3.73. The number of allylic oxidation sites excluding steroid dienone is 4. The van der Waals surface area contributed by atoms with Crippen molar-refractivity contribution in [3.05, 3.63) is 62.2 Å². The van der Waals surface area contributed by atoms with Gasteiger partial charge < -0.3 is 15.2 Å². The molecule has 1 amide bonds. The van der Waals surface area contributed by atoms with E-state index < -0.39 is 17.2 Å². The number of amides is 1. The van der Waals surface area contributed by atoms with E-state index in [1.165, 1.54) is 16.2 Å². The lowest BCUT2D eigenvalue weighted by Crippen LogP contribution is -2.45. The topological polar surface area (TPSA) is 111 Å². The highest BCUT2D eigenvalue weighted by molar-refractivity contribution is 6.29. The van der Waals surface area contributed by atoms with Gasteiger partial charge in [0.2, 0.25) is 5.91 Å². The average molecular weight is 462 g/mol. The van der Waals surface area contributed by atoms with Gasteiger partial charge in [-0.1, -0.05) is 24.3 Å². The van der Waals surface area contributed by atoms with Gasteiger partial charge in [0.25, 0.3) is 5.56 Å². The maximum Gasteiger partial charge on any atom is 0.332 e. The van der Waals surface area contributed by atoms with E-state index in [9.17, 15) is 14.4 Å². The number of hydrogen-bond acceptors (Lipinski definition) is 6. The zero-order valence-corrected chi connectivity index (χ0v) is 19.3. The predicted molar refractivity (Wildman–Crippen MR) is 124 cm³/mol. The molecular weight excluding hydrogens is 434 g/mol. The minimum atomic E-state index is -0.587. The van der Waals surface area contributed by atoms with Gasteiger partial charge >= 0.3 is 5.69 Å². The SMILES string of the molecule is C=C(/C=C\C=C(/C)Cl)N1CCN(Cc2nc3c(c(=O)n(C)c(=O)n3C)n2CC(N)=O)CC1. The molecule has 0 saturated carbocycles. The Kier molecular flexibility index (Phi) is 7.05. The second-order valence-electron chi connectivity index (χ2n) is 7.83. The first kappa shape index (κ1) is 23.6. The number of halogens is 1. The van der Waals surface area contributed by atoms with Crippen molar-refractivity contribution in [2.45, 2.75) is 20.0 Å². The molecule has 2 N–H and O–H groups in total. The fourth-order valence-corrected chi connectivity index (χ4v) is 3.80. The van der Waals surface area contributed by atoms with Gasteiger partial charge in [-0.2, -0.15) is 0 Å². The molecule has 0 atom stereocenters. The van der Waals surface area contributed by atoms with Crippen LogP contribution in [-0.2, 0) is 32.0 Å². The maximum absolute atomic E-state index is 12.7. The van der Waals surface area contributed by atoms with Crippen molar-refractivity contribution in [3.8, 4) is 0 Å². The molecule has 11 heteroatoms. The zero-order chi connectivity index (χ0) is 23.6. The van der Waals surface area contributed by atoms with Crippen LogP contribution in [0, 0.1) is 0 Å². The predicted octanol–water partition coefficient (Wildman–Crippen LogP) is 0.249. The number of primary amides is 1. The van der Waals surface area contributed by atoms with Crippen LogP contribution in [0.5, 0.6) is 0 Å². The Hall–Kier alpha value is -3.11. The summed E-state index contributed by atoms with van der Waals surface area (Å²) in [7, 11) is 2.95. The first-order valence-corrected chi connectivity index (χ1v) is 10.6. The molecule has 0 aliphatic carbocycles. The van der Waals surface area contributed by atoms with Gasteiger partial charge in [0, 0.05) is 51.0 Å². The molecule has 0 spiro atoms. The molecule has 0 aromatic carbocycles. The van der Waals surface area contributed by atoms with Crippen LogP contribution in [0.1, 0.15) is 12.7 Å². The second-order valence-corrected chi connectivity index (χ2v) is 8.42. The van der Waals surface area contributed by atoms with Crippen LogP contribution < -0.4 is 17.0 Å². The van der Waals surface area contributed by atoms with Crippen LogP contribution in [-0.4, -0.2) is 60.6 Å². The summed E-state index contributed by atoms with van der Waals surface area (Å²) in [6.07, 6.45) is 5.60. The van der Waals surface area contributed by atoms with Crippen molar-refractivity contribution in [2.75, 3.05) is 26.2 Å². The Morgan fingerprint density at radius 1 is 1.19 bits per heavy atom. The largest absolute Gasteiger partial charge is 0.369 e. The smallest absolute Gasteiger partial charge is 0.332 e. The van der Waals surface area contributed by atoms with Crippen molar-refractivity contribution in [1.29, 1.82) is 0 Å². The van der Waals surface area contributed by atoms with Crippen LogP contribution in [0.15, 0.2) is 45.1 Å². The van der Waals surface area contributed by atoms with Crippen LogP contribution >= 0.6 is 11.6 Å². The molecule has 3 heterocycles. The minimum Gasteiger partial charge on any atom is -0.369 e. The van der Waals surface area contributed by atoms with Crippen molar-refractivity contribution in [1.82, 2.24) is 28.5 Å². The Bertz CT molecular complexity index is 1220. The summed E-state index contributed by atoms with van der Waals surface area (Å²) >= 11 is 5.84. The minimum absolute atomic E-state index is 0.186. The summed E-state index contributed by atoms with van der Waals surface area (Å²) in [5.74, 6) is -0.0670. The van der Waals surface area contributed by atoms with E-state index in [0.717, 1.165) is 36.4 Å². The van der Waals surface area contributed by atoms with Gasteiger partial charge in [0.1, 0.15) is 12.4 Å². The first-order valence-electron chi connectivity index (χ1n) is 10.2. The lowest BCUT2D eigenvalue weighted by atomic mass is 10.2. The molecule has 1 fully saturated rings. The van der Waals surface area contributed by atoms with E-state index in [4.69, 9.17) is 17.3 Å². The number of carbonyl (C=O) groups is 1. The summed E-state index contributed by atoms with van der Waals surface area (Å²) < 4.78 is 3.83. The van der Waals surface area contributed by atoms with E-state index in [1.807, 2.05) is 25.2 Å². The number of nitrogens with zero attached hydrogens (tertiary/aromatic N) is 6. The summed E-state index contributed by atoms with van der Waals surface area (Å²) in [4.78, 5) is 45.6. The third kappa shape index (κ3) is 4.86. The van der Waals surface area contributed by atoms with Crippen molar-refractivity contribution < 1.29 is 4.79 Å². The summed E-state index contributed by atoms with van der Waals surface area (Å²) in [6.45, 7) is 9.17.